The van der Waals surface area contributed by atoms with Crippen LogP contribution in [0.5, 0.6) is 0 Å². The van der Waals surface area contributed by atoms with Crippen molar-refractivity contribution in [2.24, 2.45) is 0 Å². The third-order valence-electron chi connectivity index (χ3n) is 1.30. The van der Waals surface area contributed by atoms with Crippen molar-refractivity contribution in [1.29, 1.82) is 0 Å². The minimum atomic E-state index is -1.60. The van der Waals surface area contributed by atoms with Gasteiger partial charge in [0.15, 0.2) is 0 Å². The Bertz CT molecular complexity index is 58.7. The summed E-state index contributed by atoms with van der Waals surface area (Å²) in [5.74, 6) is 0. The van der Waals surface area contributed by atoms with Crippen molar-refractivity contribution in [3.05, 3.63) is 0 Å². The monoisotopic (exact) mass is 200 g/mol. The lowest BCUT2D eigenvalue weighted by molar-refractivity contribution is 0.408. The van der Waals surface area contributed by atoms with E-state index in [0.29, 0.717) is 0 Å². The van der Waals surface area contributed by atoms with Gasteiger partial charge in [-0.3, -0.25) is 0 Å². The first-order valence-electron chi connectivity index (χ1n) is 2.62. The molecule has 0 radical (unpaired) electrons. The van der Waals surface area contributed by atoms with Crippen molar-refractivity contribution < 1.29 is 4.43 Å². The summed E-state index contributed by atoms with van der Waals surface area (Å²) >= 11 is 12.5. The van der Waals surface area contributed by atoms with Crippen molar-refractivity contribution in [1.82, 2.24) is 0 Å². The molecule has 1 nitrogen and oxygen atoms in total. The largest absolute Gasteiger partial charge is 0.417 e. The van der Waals surface area contributed by atoms with Gasteiger partial charge in [-0.1, -0.05) is 0 Å². The highest BCUT2D eigenvalue weighted by molar-refractivity contribution is 7.87. The molecule has 0 aliphatic rings. The van der Waals surface area contributed by atoms with Gasteiger partial charge in [0.2, 0.25) is 8.32 Å². The molecule has 5 heteroatoms. The van der Waals surface area contributed by atoms with Crippen LogP contribution >= 0.6 is 37.9 Å². The van der Waals surface area contributed by atoms with Gasteiger partial charge in [-0.25, -0.2) is 0 Å². The minimum Gasteiger partial charge on any atom is -0.417 e. The summed E-state index contributed by atoms with van der Waals surface area (Å²) in [6.07, 6.45) is 0. The second-order valence-electron chi connectivity index (χ2n) is 1.86. The molecule has 0 heterocycles. The van der Waals surface area contributed by atoms with E-state index in [0.717, 1.165) is 16.1 Å². The highest BCUT2D eigenvalue weighted by atomic mass is 32.1. The van der Waals surface area contributed by atoms with Gasteiger partial charge >= 0.3 is 0 Å². The zero-order valence-corrected chi connectivity index (χ0v) is 9.05. The lowest BCUT2D eigenvalue weighted by Crippen LogP contribution is -2.45. The topological polar surface area (TPSA) is 9.23 Å². The molecule has 0 unspecified atom stereocenters. The highest BCUT2D eigenvalue weighted by Gasteiger charge is 2.28. The molecule has 0 aromatic carbocycles. The van der Waals surface area contributed by atoms with E-state index in [2.05, 4.69) is 37.9 Å². The molecule has 0 amide bonds. The average molecular weight is 200 g/mol. The maximum atomic E-state index is 5.30. The fourth-order valence-corrected chi connectivity index (χ4v) is 5.79. The zero-order chi connectivity index (χ0) is 7.33. The standard InChI is InChI=1S/C4H12OS3Si/c1-5-9(2-6,3-7)4-8/h6-8H,2-4H2,1H3. The minimum absolute atomic E-state index is 0.802. The second-order valence-corrected chi connectivity index (χ2v) is 8.43. The normalized spacial score (nSPS) is 12.0. The first-order chi connectivity index (χ1) is 4.24. The fraction of sp³-hybridized carbons (Fsp3) is 1.00. The highest BCUT2D eigenvalue weighted by Crippen LogP contribution is 2.09. The van der Waals surface area contributed by atoms with Gasteiger partial charge in [-0.2, -0.15) is 37.9 Å². The smallest absolute Gasteiger partial charge is 0.220 e. The Hall–Kier alpha value is 1.23. The molecule has 0 atom stereocenters. The molecular weight excluding hydrogens is 188 g/mol. The fourth-order valence-electron chi connectivity index (χ4n) is 0.344. The third-order valence-corrected chi connectivity index (χ3v) is 9.08. The lowest BCUT2D eigenvalue weighted by Gasteiger charge is -2.23. The van der Waals surface area contributed by atoms with Crippen molar-refractivity contribution >= 4 is 46.2 Å². The van der Waals surface area contributed by atoms with E-state index in [9.17, 15) is 0 Å². The van der Waals surface area contributed by atoms with Gasteiger partial charge in [0.25, 0.3) is 0 Å². The van der Waals surface area contributed by atoms with E-state index in [-0.39, 0.29) is 0 Å². The van der Waals surface area contributed by atoms with Crippen LogP contribution in [0.15, 0.2) is 0 Å². The Morgan fingerprint density at radius 3 is 1.44 bits per heavy atom. The molecule has 0 spiro atoms. The Kier molecular flexibility index (Phi) is 5.63. The van der Waals surface area contributed by atoms with E-state index in [4.69, 9.17) is 4.43 Å². The van der Waals surface area contributed by atoms with E-state index < -0.39 is 8.32 Å². The van der Waals surface area contributed by atoms with Crippen molar-refractivity contribution in [2.75, 3.05) is 23.2 Å². The Morgan fingerprint density at radius 1 is 1.11 bits per heavy atom. The predicted molar refractivity (Wildman–Crippen MR) is 54.3 cm³/mol. The number of hydrogen-bond donors (Lipinski definition) is 3. The van der Waals surface area contributed by atoms with Crippen molar-refractivity contribution in [3.8, 4) is 0 Å². The quantitative estimate of drug-likeness (QED) is 0.453. The zero-order valence-electron chi connectivity index (χ0n) is 5.37. The van der Waals surface area contributed by atoms with E-state index in [1.807, 2.05) is 0 Å². The summed E-state index contributed by atoms with van der Waals surface area (Å²) in [5, 5.41) is 2.41. The van der Waals surface area contributed by atoms with Crippen molar-refractivity contribution in [2.45, 2.75) is 0 Å². The van der Waals surface area contributed by atoms with Crippen LogP contribution in [-0.2, 0) is 4.43 Å². The van der Waals surface area contributed by atoms with Gasteiger partial charge in [-0.05, 0) is 0 Å². The summed E-state index contributed by atoms with van der Waals surface area (Å²) in [6, 6.07) is 0. The van der Waals surface area contributed by atoms with Crippen LogP contribution in [0, 0.1) is 0 Å². The van der Waals surface area contributed by atoms with Gasteiger partial charge < -0.3 is 4.43 Å². The van der Waals surface area contributed by atoms with Crippen LogP contribution in [-0.4, -0.2) is 31.6 Å². The predicted octanol–water partition coefficient (Wildman–Crippen LogP) is 0.985. The molecule has 56 valence electrons. The lowest BCUT2D eigenvalue weighted by atomic mass is 11.7. The van der Waals surface area contributed by atoms with E-state index >= 15 is 0 Å². The average Bonchev–Trinajstić information content (AvgIpc) is 1.95. The molecule has 0 bridgehead atoms. The third kappa shape index (κ3) is 2.75. The molecule has 0 rings (SSSR count). The maximum Gasteiger partial charge on any atom is 0.220 e. The van der Waals surface area contributed by atoms with E-state index in [1.54, 1.807) is 7.11 Å². The van der Waals surface area contributed by atoms with E-state index in [1.165, 1.54) is 0 Å². The van der Waals surface area contributed by atoms with Crippen LogP contribution in [0.4, 0.5) is 0 Å². The summed E-state index contributed by atoms with van der Waals surface area (Å²) < 4.78 is 5.30. The first-order valence-corrected chi connectivity index (χ1v) is 7.05. The molecule has 9 heavy (non-hydrogen) atoms. The number of rotatable bonds is 4. The molecule has 0 aromatic heterocycles. The molecule has 0 saturated carbocycles. The SMILES string of the molecule is CO[Si](CS)(CS)CS. The molecule has 0 aliphatic carbocycles. The van der Waals surface area contributed by atoms with Crippen molar-refractivity contribution in [3.63, 3.8) is 0 Å². The summed E-state index contributed by atoms with van der Waals surface area (Å²) in [5.41, 5.74) is 0. The molecule has 0 saturated heterocycles. The van der Waals surface area contributed by atoms with Gasteiger partial charge in [0, 0.05) is 23.2 Å². The van der Waals surface area contributed by atoms with Gasteiger partial charge in [0.05, 0.1) is 0 Å². The summed E-state index contributed by atoms with van der Waals surface area (Å²) in [4.78, 5) is 0. The van der Waals surface area contributed by atoms with Gasteiger partial charge in [0.1, 0.15) is 0 Å². The van der Waals surface area contributed by atoms with Crippen LogP contribution in [0.25, 0.3) is 0 Å². The molecule has 0 fully saturated rings. The molecule has 0 aromatic rings. The number of thiol groups is 3. The number of hydrogen-bond acceptors (Lipinski definition) is 4. The molecule has 0 aliphatic heterocycles. The second kappa shape index (κ2) is 4.95. The van der Waals surface area contributed by atoms with Crippen LogP contribution in [0.1, 0.15) is 0 Å². The summed E-state index contributed by atoms with van der Waals surface area (Å²) in [7, 11) is 0.118. The Morgan fingerprint density at radius 2 is 1.44 bits per heavy atom. The van der Waals surface area contributed by atoms with Crippen LogP contribution < -0.4 is 0 Å². The van der Waals surface area contributed by atoms with Crippen LogP contribution in [0.2, 0.25) is 0 Å². The first kappa shape index (κ1) is 10.2. The molecule has 0 N–H and O–H groups in total. The maximum absolute atomic E-state index is 5.30. The molecular formula is C4H12OS3Si. The van der Waals surface area contributed by atoms with Gasteiger partial charge in [-0.15, -0.1) is 0 Å². The Labute approximate surface area is 73.9 Å². The summed E-state index contributed by atoms with van der Waals surface area (Å²) in [6.45, 7) is 0. The van der Waals surface area contributed by atoms with Crippen LogP contribution in [0.3, 0.4) is 0 Å². The Balaban J connectivity index is 3.82.